The highest BCUT2D eigenvalue weighted by molar-refractivity contribution is 9.10. The third kappa shape index (κ3) is 4.03. The molecule has 3 nitrogen and oxygen atoms in total. The van der Waals surface area contributed by atoms with Crippen molar-refractivity contribution < 1.29 is 9.18 Å². The van der Waals surface area contributed by atoms with E-state index in [0.29, 0.717) is 16.9 Å². The van der Waals surface area contributed by atoms with E-state index in [-0.39, 0.29) is 11.5 Å². The van der Waals surface area contributed by atoms with Crippen LogP contribution in [0.2, 0.25) is 0 Å². The summed E-state index contributed by atoms with van der Waals surface area (Å²) in [6.07, 6.45) is 3.32. The molecule has 2 rings (SSSR count). The molecular formula is C15H20BrFN2O. The highest BCUT2D eigenvalue weighted by Gasteiger charge is 2.17. The number of hydrogen-bond donors (Lipinski definition) is 1. The summed E-state index contributed by atoms with van der Waals surface area (Å²) in [5, 5.41) is 2.81. The zero-order valence-corrected chi connectivity index (χ0v) is 13.2. The standard InChI is InChI=1S/C15H20BrFN2O/c1-19-9-6-11(7-10-19)5-8-18-15(20)12-3-2-4-13(16)14(12)17/h2-4,11H,5-10H2,1H3,(H,18,20). The van der Waals surface area contributed by atoms with Gasteiger partial charge in [0.05, 0.1) is 10.0 Å². The molecule has 0 atom stereocenters. The molecule has 0 saturated carbocycles. The second-order valence-electron chi connectivity index (χ2n) is 5.39. The smallest absolute Gasteiger partial charge is 0.254 e. The third-order valence-electron chi connectivity index (χ3n) is 3.87. The number of nitrogens with one attached hydrogen (secondary N) is 1. The average Bonchev–Trinajstić information content (AvgIpc) is 2.44. The fourth-order valence-electron chi connectivity index (χ4n) is 2.51. The second-order valence-corrected chi connectivity index (χ2v) is 6.25. The Hall–Kier alpha value is -0.940. The molecule has 0 bridgehead atoms. The van der Waals surface area contributed by atoms with Crippen LogP contribution in [0.3, 0.4) is 0 Å². The van der Waals surface area contributed by atoms with E-state index in [1.165, 1.54) is 18.9 Å². The van der Waals surface area contributed by atoms with Crippen LogP contribution in [-0.2, 0) is 0 Å². The largest absolute Gasteiger partial charge is 0.352 e. The number of carbonyl (C=O) groups excluding carboxylic acids is 1. The molecule has 20 heavy (non-hydrogen) atoms. The molecule has 0 aromatic heterocycles. The maximum atomic E-state index is 13.8. The Balaban J connectivity index is 1.79. The molecule has 0 unspecified atom stereocenters. The van der Waals surface area contributed by atoms with Crippen molar-refractivity contribution in [3.63, 3.8) is 0 Å². The summed E-state index contributed by atoms with van der Waals surface area (Å²) >= 11 is 3.09. The molecule has 110 valence electrons. The van der Waals surface area contributed by atoms with Crippen molar-refractivity contribution in [1.29, 1.82) is 0 Å². The fourth-order valence-corrected chi connectivity index (χ4v) is 2.88. The van der Waals surface area contributed by atoms with E-state index in [2.05, 4.69) is 33.2 Å². The molecule has 1 N–H and O–H groups in total. The van der Waals surface area contributed by atoms with E-state index in [0.717, 1.165) is 19.5 Å². The Labute approximate surface area is 127 Å². The minimum Gasteiger partial charge on any atom is -0.352 e. The monoisotopic (exact) mass is 342 g/mol. The molecule has 0 radical (unpaired) electrons. The van der Waals surface area contributed by atoms with Gasteiger partial charge in [0.25, 0.3) is 5.91 Å². The predicted octanol–water partition coefficient (Wildman–Crippen LogP) is 3.05. The van der Waals surface area contributed by atoms with Gasteiger partial charge < -0.3 is 10.2 Å². The quantitative estimate of drug-likeness (QED) is 0.911. The first-order chi connectivity index (χ1) is 9.58. The second kappa shape index (κ2) is 7.18. The number of rotatable bonds is 4. The number of likely N-dealkylation sites (tertiary alicyclic amines) is 1. The zero-order valence-electron chi connectivity index (χ0n) is 11.7. The molecule has 1 fully saturated rings. The summed E-state index contributed by atoms with van der Waals surface area (Å²) in [5.41, 5.74) is 0.0998. The summed E-state index contributed by atoms with van der Waals surface area (Å²) < 4.78 is 14.1. The van der Waals surface area contributed by atoms with Crippen LogP contribution in [0.15, 0.2) is 22.7 Å². The number of carbonyl (C=O) groups is 1. The van der Waals surface area contributed by atoms with Gasteiger partial charge in [-0.1, -0.05) is 6.07 Å². The van der Waals surface area contributed by atoms with Crippen LogP contribution in [0.5, 0.6) is 0 Å². The van der Waals surface area contributed by atoms with Crippen LogP contribution in [-0.4, -0.2) is 37.5 Å². The highest BCUT2D eigenvalue weighted by Crippen LogP contribution is 2.20. The molecule has 1 amide bonds. The number of halogens is 2. The van der Waals surface area contributed by atoms with Crippen molar-refractivity contribution in [2.24, 2.45) is 5.92 Å². The van der Waals surface area contributed by atoms with Gasteiger partial charge in [-0.2, -0.15) is 0 Å². The topological polar surface area (TPSA) is 32.3 Å². The first-order valence-corrected chi connectivity index (χ1v) is 7.78. The minimum atomic E-state index is -0.496. The lowest BCUT2D eigenvalue weighted by Gasteiger charge is -2.28. The fraction of sp³-hybridized carbons (Fsp3) is 0.533. The van der Waals surface area contributed by atoms with Gasteiger partial charge in [-0.3, -0.25) is 4.79 Å². The normalized spacial score (nSPS) is 17.1. The summed E-state index contributed by atoms with van der Waals surface area (Å²) in [7, 11) is 2.13. The van der Waals surface area contributed by atoms with Crippen molar-refractivity contribution in [3.05, 3.63) is 34.1 Å². The molecule has 0 spiro atoms. The van der Waals surface area contributed by atoms with Gasteiger partial charge in [-0.25, -0.2) is 4.39 Å². The number of hydrogen-bond acceptors (Lipinski definition) is 2. The van der Waals surface area contributed by atoms with Crippen LogP contribution >= 0.6 is 15.9 Å². The summed E-state index contributed by atoms with van der Waals surface area (Å²) in [5.74, 6) is -0.167. The lowest BCUT2D eigenvalue weighted by atomic mass is 9.94. The van der Waals surface area contributed by atoms with Gasteiger partial charge in [0.15, 0.2) is 0 Å². The van der Waals surface area contributed by atoms with E-state index < -0.39 is 5.82 Å². The van der Waals surface area contributed by atoms with E-state index in [1.54, 1.807) is 12.1 Å². The van der Waals surface area contributed by atoms with E-state index in [9.17, 15) is 9.18 Å². The molecular weight excluding hydrogens is 323 g/mol. The summed E-state index contributed by atoms with van der Waals surface area (Å²) in [6.45, 7) is 2.86. The van der Waals surface area contributed by atoms with Crippen LogP contribution in [0.1, 0.15) is 29.6 Å². The number of piperidine rings is 1. The first kappa shape index (κ1) is 15.4. The van der Waals surface area contributed by atoms with Crippen molar-refractivity contribution >= 4 is 21.8 Å². The van der Waals surface area contributed by atoms with Gasteiger partial charge in [0, 0.05) is 6.54 Å². The summed E-state index contributed by atoms with van der Waals surface area (Å²) in [4.78, 5) is 14.3. The maximum Gasteiger partial charge on any atom is 0.254 e. The Kier molecular flexibility index (Phi) is 5.54. The first-order valence-electron chi connectivity index (χ1n) is 6.98. The number of amides is 1. The maximum absolute atomic E-state index is 13.8. The van der Waals surface area contributed by atoms with Gasteiger partial charge in [-0.05, 0) is 73.4 Å². The van der Waals surface area contributed by atoms with Crippen molar-refractivity contribution in [2.75, 3.05) is 26.7 Å². The van der Waals surface area contributed by atoms with Gasteiger partial charge >= 0.3 is 0 Å². The Morgan fingerprint density at radius 1 is 1.45 bits per heavy atom. The molecule has 1 saturated heterocycles. The Morgan fingerprint density at radius 3 is 2.85 bits per heavy atom. The lowest BCUT2D eigenvalue weighted by Crippen LogP contribution is -2.32. The highest BCUT2D eigenvalue weighted by atomic mass is 79.9. The minimum absolute atomic E-state index is 0.0998. The van der Waals surface area contributed by atoms with Gasteiger partial charge in [-0.15, -0.1) is 0 Å². The van der Waals surface area contributed by atoms with Crippen molar-refractivity contribution in [1.82, 2.24) is 10.2 Å². The SMILES string of the molecule is CN1CCC(CCNC(=O)c2cccc(Br)c2F)CC1. The molecule has 1 aromatic rings. The molecule has 1 aliphatic rings. The lowest BCUT2D eigenvalue weighted by molar-refractivity contribution is 0.0944. The van der Waals surface area contributed by atoms with Crippen LogP contribution < -0.4 is 5.32 Å². The van der Waals surface area contributed by atoms with Crippen LogP contribution in [0, 0.1) is 11.7 Å². The van der Waals surface area contributed by atoms with Gasteiger partial charge in [0.1, 0.15) is 5.82 Å². The zero-order chi connectivity index (χ0) is 14.5. The number of benzene rings is 1. The third-order valence-corrected chi connectivity index (χ3v) is 4.48. The molecule has 1 aromatic carbocycles. The van der Waals surface area contributed by atoms with E-state index >= 15 is 0 Å². The molecule has 1 heterocycles. The van der Waals surface area contributed by atoms with E-state index in [1.807, 2.05) is 0 Å². The van der Waals surface area contributed by atoms with E-state index in [4.69, 9.17) is 0 Å². The molecule has 0 aliphatic carbocycles. The summed E-state index contributed by atoms with van der Waals surface area (Å²) in [6, 6.07) is 4.76. The van der Waals surface area contributed by atoms with Crippen molar-refractivity contribution in [2.45, 2.75) is 19.3 Å². The average molecular weight is 343 g/mol. The van der Waals surface area contributed by atoms with Crippen LogP contribution in [0.4, 0.5) is 4.39 Å². The Morgan fingerprint density at radius 2 is 2.15 bits per heavy atom. The van der Waals surface area contributed by atoms with Gasteiger partial charge in [0.2, 0.25) is 0 Å². The van der Waals surface area contributed by atoms with Crippen LogP contribution in [0.25, 0.3) is 0 Å². The number of nitrogens with zero attached hydrogens (tertiary/aromatic N) is 1. The van der Waals surface area contributed by atoms with Crippen molar-refractivity contribution in [3.8, 4) is 0 Å². The Bertz CT molecular complexity index is 473. The molecule has 1 aliphatic heterocycles. The molecule has 5 heteroatoms. The predicted molar refractivity (Wildman–Crippen MR) is 81.3 cm³/mol.